The minimum Gasteiger partial charge on any atom is -0.489 e. The Hall–Kier alpha value is -3.33. The Morgan fingerprint density at radius 3 is 2.55 bits per heavy atom. The van der Waals surface area contributed by atoms with Crippen LogP contribution in [0.2, 0.25) is 0 Å². The average Bonchev–Trinajstić information content (AvgIpc) is 2.77. The zero-order valence-corrected chi connectivity index (χ0v) is 19.9. The van der Waals surface area contributed by atoms with Crippen LogP contribution in [0.25, 0.3) is 0 Å². The number of fused-ring (bicyclic) bond motifs is 1. The number of rotatable bonds is 8. The first-order valence-corrected chi connectivity index (χ1v) is 11.5. The molecule has 1 unspecified atom stereocenters. The fourth-order valence-corrected chi connectivity index (χ4v) is 4.04. The first kappa shape index (κ1) is 24.3. The van der Waals surface area contributed by atoms with Crippen LogP contribution in [0.3, 0.4) is 0 Å². The number of carbonyl (C=O) groups excluding carboxylic acids is 2. The molecule has 1 amide bonds. The van der Waals surface area contributed by atoms with Gasteiger partial charge in [-0.15, -0.1) is 0 Å². The summed E-state index contributed by atoms with van der Waals surface area (Å²) in [4.78, 5) is 27.5. The Bertz CT molecular complexity index is 1030. The second kappa shape index (κ2) is 10.5. The maximum atomic E-state index is 13.3. The molecule has 6 heteroatoms. The minimum absolute atomic E-state index is 0.0445. The summed E-state index contributed by atoms with van der Waals surface area (Å²) in [5.74, 6) is 0.390. The van der Waals surface area contributed by atoms with Crippen molar-refractivity contribution in [3.63, 3.8) is 0 Å². The molecule has 3 rings (SSSR count). The fraction of sp³-hybridized carbons (Fsp3) is 0.444. The summed E-state index contributed by atoms with van der Waals surface area (Å²) in [6.07, 6.45) is 2.56. The smallest absolute Gasteiger partial charge is 0.308 e. The van der Waals surface area contributed by atoms with Crippen molar-refractivity contribution in [2.75, 3.05) is 6.54 Å². The van der Waals surface area contributed by atoms with Gasteiger partial charge in [0.05, 0.1) is 18.1 Å². The van der Waals surface area contributed by atoms with E-state index in [-0.39, 0.29) is 24.3 Å². The molecule has 1 atom stereocenters. The largest absolute Gasteiger partial charge is 0.489 e. The first-order valence-electron chi connectivity index (χ1n) is 11.5. The third-order valence-electron chi connectivity index (χ3n) is 5.56. The zero-order valence-electron chi connectivity index (χ0n) is 19.9. The van der Waals surface area contributed by atoms with Crippen LogP contribution in [-0.2, 0) is 22.6 Å². The number of benzene rings is 2. The lowest BCUT2D eigenvalue weighted by Gasteiger charge is -2.35. The summed E-state index contributed by atoms with van der Waals surface area (Å²) in [6.45, 7) is 8.56. The monoisotopic (exact) mass is 448 g/mol. The lowest BCUT2D eigenvalue weighted by molar-refractivity contribution is -0.156. The molecule has 0 aliphatic carbocycles. The summed E-state index contributed by atoms with van der Waals surface area (Å²) in [7, 11) is 0. The molecule has 174 valence electrons. The van der Waals surface area contributed by atoms with Crippen LogP contribution in [-0.4, -0.2) is 35.0 Å². The van der Waals surface area contributed by atoms with Gasteiger partial charge in [0.25, 0.3) is 5.91 Å². The summed E-state index contributed by atoms with van der Waals surface area (Å²) >= 11 is 0. The van der Waals surface area contributed by atoms with Crippen LogP contribution in [0.1, 0.15) is 74.0 Å². The molecule has 1 aliphatic rings. The molecule has 0 saturated heterocycles. The molecule has 0 saturated carbocycles. The summed E-state index contributed by atoms with van der Waals surface area (Å²) < 4.78 is 11.4. The summed E-state index contributed by atoms with van der Waals surface area (Å²) in [6, 6.07) is 14.8. The number of carbonyl (C=O) groups is 2. The normalized spacial score (nSPS) is 14.3. The van der Waals surface area contributed by atoms with Crippen molar-refractivity contribution < 1.29 is 19.1 Å². The molecule has 0 fully saturated rings. The predicted octanol–water partition coefficient (Wildman–Crippen LogP) is 5.04. The van der Waals surface area contributed by atoms with Crippen LogP contribution in [0.5, 0.6) is 5.75 Å². The van der Waals surface area contributed by atoms with Gasteiger partial charge in [0.2, 0.25) is 0 Å². The van der Waals surface area contributed by atoms with E-state index in [9.17, 15) is 9.59 Å². The van der Waals surface area contributed by atoms with E-state index in [2.05, 4.69) is 13.0 Å². The van der Waals surface area contributed by atoms with Gasteiger partial charge in [-0.1, -0.05) is 25.5 Å². The van der Waals surface area contributed by atoms with Crippen LogP contribution in [0, 0.1) is 11.3 Å². The van der Waals surface area contributed by atoms with Gasteiger partial charge in [-0.2, -0.15) is 5.26 Å². The van der Waals surface area contributed by atoms with Crippen molar-refractivity contribution in [2.24, 2.45) is 0 Å². The molecule has 6 nitrogen and oxygen atoms in total. The molecule has 0 spiro atoms. The van der Waals surface area contributed by atoms with Crippen molar-refractivity contribution in [2.45, 2.75) is 71.6 Å². The highest BCUT2D eigenvalue weighted by Crippen LogP contribution is 2.28. The van der Waals surface area contributed by atoms with Crippen LogP contribution in [0.15, 0.2) is 42.5 Å². The molecular formula is C27H32N2O4. The third kappa shape index (κ3) is 6.58. The van der Waals surface area contributed by atoms with Crippen molar-refractivity contribution in [3.8, 4) is 11.8 Å². The van der Waals surface area contributed by atoms with Crippen molar-refractivity contribution in [3.05, 3.63) is 64.7 Å². The van der Waals surface area contributed by atoms with Gasteiger partial charge in [0.15, 0.2) is 0 Å². The Labute approximate surface area is 196 Å². The SMILES string of the molecule is CCCC(CC(=O)OC(C)(C)C)N1CCc2cc(OCc3ccc(C#N)cc3)ccc2C1=O. The van der Waals surface area contributed by atoms with E-state index in [0.717, 1.165) is 24.0 Å². The molecule has 2 aromatic rings. The van der Waals surface area contributed by atoms with E-state index in [0.29, 0.717) is 36.4 Å². The average molecular weight is 449 g/mol. The van der Waals surface area contributed by atoms with Crippen molar-refractivity contribution in [1.29, 1.82) is 5.26 Å². The summed E-state index contributed by atoms with van der Waals surface area (Å²) in [5, 5.41) is 8.91. The van der Waals surface area contributed by atoms with E-state index in [1.165, 1.54) is 0 Å². The molecule has 0 aromatic heterocycles. The lowest BCUT2D eigenvalue weighted by Crippen LogP contribution is -2.46. The lowest BCUT2D eigenvalue weighted by atomic mass is 9.95. The fourth-order valence-electron chi connectivity index (χ4n) is 4.04. The molecule has 1 heterocycles. The highest BCUT2D eigenvalue weighted by atomic mass is 16.6. The topological polar surface area (TPSA) is 79.6 Å². The van der Waals surface area contributed by atoms with Crippen LogP contribution >= 0.6 is 0 Å². The Morgan fingerprint density at radius 1 is 1.18 bits per heavy atom. The maximum Gasteiger partial charge on any atom is 0.308 e. The second-order valence-corrected chi connectivity index (χ2v) is 9.40. The molecule has 0 bridgehead atoms. The van der Waals surface area contributed by atoms with Crippen molar-refractivity contribution >= 4 is 11.9 Å². The maximum absolute atomic E-state index is 13.3. The van der Waals surface area contributed by atoms with Gasteiger partial charge in [0.1, 0.15) is 18.0 Å². The van der Waals surface area contributed by atoms with Gasteiger partial charge < -0.3 is 14.4 Å². The molecule has 0 N–H and O–H groups in total. The molecular weight excluding hydrogens is 416 g/mol. The van der Waals surface area contributed by atoms with Gasteiger partial charge in [-0.3, -0.25) is 9.59 Å². The van der Waals surface area contributed by atoms with E-state index >= 15 is 0 Å². The van der Waals surface area contributed by atoms with Crippen LogP contribution in [0.4, 0.5) is 0 Å². The predicted molar refractivity (Wildman–Crippen MR) is 126 cm³/mol. The Kier molecular flexibility index (Phi) is 7.75. The second-order valence-electron chi connectivity index (χ2n) is 9.40. The zero-order chi connectivity index (χ0) is 24.0. The number of hydrogen-bond donors (Lipinski definition) is 0. The van der Waals surface area contributed by atoms with E-state index in [1.54, 1.807) is 12.1 Å². The minimum atomic E-state index is -0.541. The third-order valence-corrected chi connectivity index (χ3v) is 5.56. The van der Waals surface area contributed by atoms with E-state index in [4.69, 9.17) is 14.7 Å². The molecule has 1 aliphatic heterocycles. The number of hydrogen-bond acceptors (Lipinski definition) is 5. The Morgan fingerprint density at radius 2 is 1.91 bits per heavy atom. The number of nitrogens with zero attached hydrogens (tertiary/aromatic N) is 2. The van der Waals surface area contributed by atoms with E-state index < -0.39 is 5.60 Å². The van der Waals surface area contributed by atoms with Gasteiger partial charge in [0, 0.05) is 18.2 Å². The van der Waals surface area contributed by atoms with E-state index in [1.807, 2.05) is 56.0 Å². The number of ether oxygens (including phenoxy) is 2. The highest BCUT2D eigenvalue weighted by Gasteiger charge is 2.32. The van der Waals surface area contributed by atoms with Crippen LogP contribution < -0.4 is 4.74 Å². The van der Waals surface area contributed by atoms with Crippen molar-refractivity contribution in [1.82, 2.24) is 4.90 Å². The quantitative estimate of drug-likeness (QED) is 0.529. The standard InChI is InChI=1S/C27H32N2O4/c1-5-6-22(16-25(30)33-27(2,3)4)29-14-13-21-15-23(11-12-24(21)26(29)31)32-18-20-9-7-19(17-28)8-10-20/h7-12,15,22H,5-6,13-14,16,18H2,1-4H3. The van der Waals surface area contributed by atoms with Gasteiger partial charge in [-0.25, -0.2) is 0 Å². The van der Waals surface area contributed by atoms with Gasteiger partial charge in [-0.05, 0) is 75.1 Å². The number of esters is 1. The number of nitriles is 1. The Balaban J connectivity index is 1.67. The molecule has 33 heavy (non-hydrogen) atoms. The number of amides is 1. The molecule has 2 aromatic carbocycles. The van der Waals surface area contributed by atoms with Gasteiger partial charge >= 0.3 is 5.97 Å². The highest BCUT2D eigenvalue weighted by molar-refractivity contribution is 5.97. The summed E-state index contributed by atoms with van der Waals surface area (Å²) in [5.41, 5.74) is 2.67. The first-order chi connectivity index (χ1) is 15.7. The molecule has 0 radical (unpaired) electrons.